The molecule has 0 radical (unpaired) electrons. The van der Waals surface area contributed by atoms with Crippen LogP contribution in [0.25, 0.3) is 0 Å². The fourth-order valence-electron chi connectivity index (χ4n) is 1.08. The Labute approximate surface area is 97.5 Å². The van der Waals surface area contributed by atoms with Crippen LogP contribution in [0.3, 0.4) is 0 Å². The minimum Gasteiger partial charge on any atom is -0.477 e. The van der Waals surface area contributed by atoms with E-state index in [9.17, 15) is 4.79 Å². The van der Waals surface area contributed by atoms with Crippen LogP contribution in [0.15, 0.2) is 0 Å². The third kappa shape index (κ3) is 3.07. The van der Waals surface area contributed by atoms with E-state index < -0.39 is 5.97 Å². The molecule has 0 aliphatic carbocycles. The number of rotatable bonds is 5. The highest BCUT2D eigenvalue weighted by Crippen LogP contribution is 2.28. The van der Waals surface area contributed by atoms with Gasteiger partial charge in [-0.15, -0.1) is 0 Å². The fourth-order valence-corrected chi connectivity index (χ4v) is 2.19. The zero-order valence-corrected chi connectivity index (χ0v) is 10.2. The molecule has 6 heteroatoms. The first-order valence-corrected chi connectivity index (χ1v) is 5.86. The lowest BCUT2D eigenvalue weighted by Gasteiger charge is -2.14. The standard InChI is InChI=1S/C9H13ClN2O2S/c1-3-4-5-12(2)9-11-7(10)6(15-9)8(13)14/h3-5H2,1-2H3,(H,13,14). The highest BCUT2D eigenvalue weighted by molar-refractivity contribution is 7.18. The smallest absolute Gasteiger partial charge is 0.349 e. The second-order valence-corrected chi connectivity index (χ2v) is 4.53. The second-order valence-electron chi connectivity index (χ2n) is 3.20. The van der Waals surface area contributed by atoms with Crippen molar-refractivity contribution in [2.45, 2.75) is 19.8 Å². The van der Waals surface area contributed by atoms with Gasteiger partial charge in [0.15, 0.2) is 15.2 Å². The minimum atomic E-state index is -1.02. The lowest BCUT2D eigenvalue weighted by atomic mass is 10.3. The molecule has 0 aliphatic heterocycles. The molecular formula is C9H13ClN2O2S. The van der Waals surface area contributed by atoms with Gasteiger partial charge in [0.2, 0.25) is 0 Å². The van der Waals surface area contributed by atoms with Gasteiger partial charge in [-0.1, -0.05) is 36.3 Å². The van der Waals surface area contributed by atoms with Gasteiger partial charge in [0, 0.05) is 13.6 Å². The van der Waals surface area contributed by atoms with Crippen molar-refractivity contribution in [3.05, 3.63) is 10.0 Å². The summed E-state index contributed by atoms with van der Waals surface area (Å²) in [6.07, 6.45) is 2.14. The van der Waals surface area contributed by atoms with Gasteiger partial charge in [-0.25, -0.2) is 9.78 Å². The Bertz CT molecular complexity index is 354. The first-order valence-electron chi connectivity index (χ1n) is 4.67. The fraction of sp³-hybridized carbons (Fsp3) is 0.556. The molecule has 0 saturated heterocycles. The molecule has 0 saturated carbocycles. The van der Waals surface area contributed by atoms with Gasteiger partial charge >= 0.3 is 5.97 Å². The maximum absolute atomic E-state index is 10.7. The molecule has 1 N–H and O–H groups in total. The van der Waals surface area contributed by atoms with Gasteiger partial charge in [0.25, 0.3) is 0 Å². The van der Waals surface area contributed by atoms with Crippen LogP contribution in [0.1, 0.15) is 29.4 Å². The molecule has 0 fully saturated rings. The predicted molar refractivity (Wildman–Crippen MR) is 62.3 cm³/mol. The second kappa shape index (κ2) is 5.32. The zero-order chi connectivity index (χ0) is 11.4. The van der Waals surface area contributed by atoms with Crippen molar-refractivity contribution in [1.82, 2.24) is 4.98 Å². The SMILES string of the molecule is CCCCN(C)c1nc(Cl)c(C(=O)O)s1. The van der Waals surface area contributed by atoms with Gasteiger partial charge in [0.1, 0.15) is 0 Å². The number of anilines is 1. The maximum atomic E-state index is 10.7. The van der Waals surface area contributed by atoms with Crippen LogP contribution in [-0.4, -0.2) is 29.7 Å². The largest absolute Gasteiger partial charge is 0.477 e. The van der Waals surface area contributed by atoms with Crippen molar-refractivity contribution in [3.8, 4) is 0 Å². The molecule has 0 bridgehead atoms. The van der Waals surface area contributed by atoms with Gasteiger partial charge in [0.05, 0.1) is 0 Å². The summed E-state index contributed by atoms with van der Waals surface area (Å²) in [7, 11) is 1.89. The number of hydrogen-bond donors (Lipinski definition) is 1. The zero-order valence-electron chi connectivity index (χ0n) is 8.66. The third-order valence-corrected chi connectivity index (χ3v) is 3.49. The summed E-state index contributed by atoms with van der Waals surface area (Å²) in [6, 6.07) is 0. The molecule has 1 aromatic rings. The molecule has 1 heterocycles. The summed E-state index contributed by atoms with van der Waals surface area (Å²) in [5.74, 6) is -1.02. The Balaban J connectivity index is 2.78. The van der Waals surface area contributed by atoms with Crippen LogP contribution < -0.4 is 4.90 Å². The maximum Gasteiger partial charge on any atom is 0.349 e. The van der Waals surface area contributed by atoms with Crippen molar-refractivity contribution in [3.63, 3.8) is 0 Å². The van der Waals surface area contributed by atoms with Crippen LogP contribution in [0.5, 0.6) is 0 Å². The van der Waals surface area contributed by atoms with Gasteiger partial charge < -0.3 is 10.0 Å². The van der Waals surface area contributed by atoms with Crippen molar-refractivity contribution in [1.29, 1.82) is 0 Å². The third-order valence-electron chi connectivity index (χ3n) is 1.94. The molecular weight excluding hydrogens is 236 g/mol. The van der Waals surface area contributed by atoms with Gasteiger partial charge in [-0.05, 0) is 6.42 Å². The molecule has 0 aromatic carbocycles. The van der Waals surface area contributed by atoms with E-state index in [-0.39, 0.29) is 10.0 Å². The van der Waals surface area contributed by atoms with Gasteiger partial charge in [-0.3, -0.25) is 0 Å². The summed E-state index contributed by atoms with van der Waals surface area (Å²) in [5, 5.41) is 9.54. The van der Waals surface area contributed by atoms with Crippen LogP contribution in [0.2, 0.25) is 5.15 Å². The van der Waals surface area contributed by atoms with Crippen LogP contribution in [0, 0.1) is 0 Å². The molecule has 1 rings (SSSR count). The number of carbonyl (C=O) groups is 1. The molecule has 1 aromatic heterocycles. The molecule has 0 amide bonds. The van der Waals surface area contributed by atoms with Crippen molar-refractivity contribution in [2.24, 2.45) is 0 Å². The van der Waals surface area contributed by atoms with E-state index in [2.05, 4.69) is 11.9 Å². The first-order chi connectivity index (χ1) is 7.06. The van der Waals surface area contributed by atoms with Crippen molar-refractivity contribution in [2.75, 3.05) is 18.5 Å². The Kier molecular flexibility index (Phi) is 4.35. The molecule has 15 heavy (non-hydrogen) atoms. The monoisotopic (exact) mass is 248 g/mol. The molecule has 84 valence electrons. The number of nitrogens with zero attached hydrogens (tertiary/aromatic N) is 2. The Morgan fingerprint density at radius 2 is 2.33 bits per heavy atom. The summed E-state index contributed by atoms with van der Waals surface area (Å²) >= 11 is 6.82. The molecule has 0 spiro atoms. The van der Waals surface area contributed by atoms with Crippen LogP contribution in [-0.2, 0) is 0 Å². The number of carboxylic acids is 1. The minimum absolute atomic E-state index is 0.0749. The molecule has 4 nitrogen and oxygen atoms in total. The van der Waals surface area contributed by atoms with E-state index in [1.165, 1.54) is 0 Å². The first kappa shape index (κ1) is 12.3. The van der Waals surface area contributed by atoms with E-state index in [0.717, 1.165) is 30.7 Å². The number of unbranched alkanes of at least 4 members (excludes halogenated alkanes) is 1. The van der Waals surface area contributed by atoms with E-state index >= 15 is 0 Å². The lowest BCUT2D eigenvalue weighted by Crippen LogP contribution is -2.17. The lowest BCUT2D eigenvalue weighted by molar-refractivity contribution is 0.0702. The Morgan fingerprint density at radius 3 is 2.80 bits per heavy atom. The normalized spacial score (nSPS) is 10.3. The number of hydrogen-bond acceptors (Lipinski definition) is 4. The average Bonchev–Trinajstić information content (AvgIpc) is 2.56. The highest BCUT2D eigenvalue weighted by atomic mass is 35.5. The quantitative estimate of drug-likeness (QED) is 0.871. The summed E-state index contributed by atoms with van der Waals surface area (Å²) in [6.45, 7) is 2.96. The number of aromatic carboxylic acids is 1. The number of carboxylic acid groups (broad SMARTS) is 1. The van der Waals surface area contributed by atoms with Crippen LogP contribution >= 0.6 is 22.9 Å². The topological polar surface area (TPSA) is 53.4 Å². The number of aromatic nitrogens is 1. The number of thiazole rings is 1. The summed E-state index contributed by atoms with van der Waals surface area (Å²) < 4.78 is 0. The predicted octanol–water partition coefficient (Wildman–Crippen LogP) is 2.73. The Morgan fingerprint density at radius 1 is 1.67 bits per heavy atom. The highest BCUT2D eigenvalue weighted by Gasteiger charge is 2.17. The summed E-state index contributed by atoms with van der Waals surface area (Å²) in [4.78, 5) is 16.8. The van der Waals surface area contributed by atoms with Crippen molar-refractivity contribution < 1.29 is 9.90 Å². The van der Waals surface area contributed by atoms with Crippen LogP contribution in [0.4, 0.5) is 5.13 Å². The number of halogens is 1. The van der Waals surface area contributed by atoms with E-state index in [4.69, 9.17) is 16.7 Å². The Hall–Kier alpha value is -0.810. The average molecular weight is 249 g/mol. The van der Waals surface area contributed by atoms with E-state index in [1.54, 1.807) is 0 Å². The molecule has 0 atom stereocenters. The van der Waals surface area contributed by atoms with E-state index in [1.807, 2.05) is 11.9 Å². The molecule has 0 unspecified atom stereocenters. The van der Waals surface area contributed by atoms with E-state index in [0.29, 0.717) is 5.13 Å². The van der Waals surface area contributed by atoms with Gasteiger partial charge in [-0.2, -0.15) is 0 Å². The molecule has 0 aliphatic rings. The van der Waals surface area contributed by atoms with Crippen molar-refractivity contribution >= 4 is 34.0 Å². The summed E-state index contributed by atoms with van der Waals surface area (Å²) in [5.41, 5.74) is 0.